The lowest BCUT2D eigenvalue weighted by Crippen LogP contribution is -2.30. The standard InChI is InChI=1S/C24H42O4/c1-4-5-6-7-8-9-10-11-12-13-14-15-16-17-18-19-20-28-24(27)23(21(2)25)22(3)26/h11-12,23H,4-10,13-20H2,1-3H3/b12-11-. The zero-order valence-corrected chi connectivity index (χ0v) is 18.5. The van der Waals surface area contributed by atoms with E-state index in [2.05, 4.69) is 19.1 Å². The predicted molar refractivity (Wildman–Crippen MR) is 115 cm³/mol. The molecule has 0 radical (unpaired) electrons. The Bertz CT molecular complexity index is 440. The maximum Gasteiger partial charge on any atom is 0.324 e. The molecule has 4 heteroatoms. The lowest BCUT2D eigenvalue weighted by Gasteiger charge is -2.10. The van der Waals surface area contributed by atoms with Crippen molar-refractivity contribution in [2.45, 2.75) is 111 Å². The number of rotatable bonds is 19. The number of unbranched alkanes of at least 4 members (excludes halogenated alkanes) is 12. The van der Waals surface area contributed by atoms with Crippen LogP contribution in [-0.4, -0.2) is 24.1 Å². The molecule has 0 rings (SSSR count). The van der Waals surface area contributed by atoms with Crippen molar-refractivity contribution >= 4 is 17.5 Å². The van der Waals surface area contributed by atoms with Crippen molar-refractivity contribution in [3.8, 4) is 0 Å². The van der Waals surface area contributed by atoms with Gasteiger partial charge in [0.15, 0.2) is 17.5 Å². The normalized spacial score (nSPS) is 11.3. The highest BCUT2D eigenvalue weighted by Gasteiger charge is 2.29. The molecule has 0 N–H and O–H groups in total. The summed E-state index contributed by atoms with van der Waals surface area (Å²) >= 11 is 0. The van der Waals surface area contributed by atoms with Crippen LogP contribution in [0.15, 0.2) is 12.2 Å². The maximum atomic E-state index is 11.7. The monoisotopic (exact) mass is 394 g/mol. The second-order valence-electron chi connectivity index (χ2n) is 7.76. The average molecular weight is 395 g/mol. The third-order valence-corrected chi connectivity index (χ3v) is 4.95. The first-order valence-corrected chi connectivity index (χ1v) is 11.3. The molecule has 0 heterocycles. The third kappa shape index (κ3) is 15.6. The van der Waals surface area contributed by atoms with Gasteiger partial charge in [0.05, 0.1) is 6.61 Å². The van der Waals surface area contributed by atoms with Gasteiger partial charge in [-0.3, -0.25) is 14.4 Å². The first-order valence-electron chi connectivity index (χ1n) is 11.3. The van der Waals surface area contributed by atoms with Gasteiger partial charge in [0.2, 0.25) is 0 Å². The van der Waals surface area contributed by atoms with E-state index in [-0.39, 0.29) is 6.61 Å². The lowest BCUT2D eigenvalue weighted by molar-refractivity contribution is -0.154. The molecule has 0 aromatic heterocycles. The molecule has 0 aliphatic carbocycles. The fourth-order valence-corrected chi connectivity index (χ4v) is 3.22. The van der Waals surface area contributed by atoms with Crippen LogP contribution >= 0.6 is 0 Å². The third-order valence-electron chi connectivity index (χ3n) is 4.95. The second-order valence-corrected chi connectivity index (χ2v) is 7.76. The Morgan fingerprint density at radius 2 is 1.11 bits per heavy atom. The van der Waals surface area contributed by atoms with Gasteiger partial charge in [0, 0.05) is 0 Å². The lowest BCUT2D eigenvalue weighted by atomic mass is 10.0. The van der Waals surface area contributed by atoms with Gasteiger partial charge in [0.25, 0.3) is 0 Å². The van der Waals surface area contributed by atoms with Crippen molar-refractivity contribution in [2.75, 3.05) is 6.61 Å². The number of esters is 1. The summed E-state index contributed by atoms with van der Waals surface area (Å²) in [4.78, 5) is 34.3. The minimum atomic E-state index is -1.24. The van der Waals surface area contributed by atoms with Crippen LogP contribution in [0.2, 0.25) is 0 Å². The molecule has 28 heavy (non-hydrogen) atoms. The summed E-state index contributed by atoms with van der Waals surface area (Å²) in [5.41, 5.74) is 0. The van der Waals surface area contributed by atoms with Crippen molar-refractivity contribution in [3.05, 3.63) is 12.2 Å². The molecule has 0 aliphatic rings. The second kappa shape index (κ2) is 18.9. The molecule has 0 bridgehead atoms. The van der Waals surface area contributed by atoms with Crippen molar-refractivity contribution in [3.63, 3.8) is 0 Å². The Morgan fingerprint density at radius 3 is 1.57 bits per heavy atom. The van der Waals surface area contributed by atoms with E-state index < -0.39 is 23.5 Å². The highest BCUT2D eigenvalue weighted by molar-refractivity contribution is 6.15. The topological polar surface area (TPSA) is 60.4 Å². The summed E-state index contributed by atoms with van der Waals surface area (Å²) < 4.78 is 5.06. The van der Waals surface area contributed by atoms with Gasteiger partial charge in [-0.1, -0.05) is 76.9 Å². The summed E-state index contributed by atoms with van der Waals surface area (Å²) in [5, 5.41) is 0. The molecule has 162 valence electrons. The number of carbonyl (C=O) groups excluding carboxylic acids is 3. The summed E-state index contributed by atoms with van der Waals surface area (Å²) in [6.07, 6.45) is 21.8. The number of hydrogen-bond acceptors (Lipinski definition) is 4. The van der Waals surface area contributed by atoms with Crippen molar-refractivity contribution in [2.24, 2.45) is 5.92 Å². The number of hydrogen-bond donors (Lipinski definition) is 0. The summed E-state index contributed by atoms with van der Waals surface area (Å²) in [6, 6.07) is 0. The summed E-state index contributed by atoms with van der Waals surface area (Å²) in [7, 11) is 0. The average Bonchev–Trinajstić information content (AvgIpc) is 2.63. The summed E-state index contributed by atoms with van der Waals surface area (Å²) in [5.74, 6) is -2.83. The molecule has 0 unspecified atom stereocenters. The number of allylic oxidation sites excluding steroid dienone is 2. The zero-order valence-electron chi connectivity index (χ0n) is 18.5. The van der Waals surface area contributed by atoms with Gasteiger partial charge in [-0.05, 0) is 46.0 Å². The first-order chi connectivity index (χ1) is 13.5. The van der Waals surface area contributed by atoms with Gasteiger partial charge in [-0.15, -0.1) is 0 Å². The Labute approximate surface area is 172 Å². The largest absolute Gasteiger partial charge is 0.465 e. The van der Waals surface area contributed by atoms with Crippen LogP contribution in [0.5, 0.6) is 0 Å². The molecular weight excluding hydrogens is 352 g/mol. The van der Waals surface area contributed by atoms with Crippen LogP contribution in [0, 0.1) is 5.92 Å². The van der Waals surface area contributed by atoms with E-state index >= 15 is 0 Å². The van der Waals surface area contributed by atoms with Crippen LogP contribution in [0.1, 0.15) is 111 Å². The Kier molecular flexibility index (Phi) is 17.9. The molecule has 0 saturated heterocycles. The molecule has 0 spiro atoms. The highest BCUT2D eigenvalue weighted by atomic mass is 16.5. The van der Waals surface area contributed by atoms with Gasteiger partial charge < -0.3 is 4.74 Å². The van der Waals surface area contributed by atoms with Crippen LogP contribution in [0.3, 0.4) is 0 Å². The quantitative estimate of drug-likeness (QED) is 0.111. The van der Waals surface area contributed by atoms with Gasteiger partial charge >= 0.3 is 5.97 Å². The van der Waals surface area contributed by atoms with Crippen molar-refractivity contribution < 1.29 is 19.1 Å². The molecule has 0 atom stereocenters. The highest BCUT2D eigenvalue weighted by Crippen LogP contribution is 2.10. The van der Waals surface area contributed by atoms with Crippen molar-refractivity contribution in [1.29, 1.82) is 0 Å². The van der Waals surface area contributed by atoms with Crippen LogP contribution < -0.4 is 0 Å². The molecule has 0 aromatic rings. The van der Waals surface area contributed by atoms with E-state index in [1.807, 2.05) is 0 Å². The molecule has 0 saturated carbocycles. The fourth-order valence-electron chi connectivity index (χ4n) is 3.22. The van der Waals surface area contributed by atoms with E-state index in [4.69, 9.17) is 4.74 Å². The molecule has 0 aromatic carbocycles. The van der Waals surface area contributed by atoms with E-state index in [0.29, 0.717) is 0 Å². The van der Waals surface area contributed by atoms with E-state index in [1.54, 1.807) is 0 Å². The van der Waals surface area contributed by atoms with Crippen molar-refractivity contribution in [1.82, 2.24) is 0 Å². The Morgan fingerprint density at radius 1 is 0.679 bits per heavy atom. The smallest absolute Gasteiger partial charge is 0.324 e. The molecule has 0 amide bonds. The van der Waals surface area contributed by atoms with Gasteiger partial charge in [-0.25, -0.2) is 0 Å². The van der Waals surface area contributed by atoms with E-state index in [0.717, 1.165) is 19.3 Å². The maximum absolute atomic E-state index is 11.7. The molecule has 4 nitrogen and oxygen atoms in total. The Balaban J connectivity index is 3.42. The van der Waals surface area contributed by atoms with Crippen LogP contribution in [0.4, 0.5) is 0 Å². The molecule has 0 aliphatic heterocycles. The predicted octanol–water partition coefficient (Wildman–Crippen LogP) is 6.36. The minimum absolute atomic E-state index is 0.289. The number of ketones is 2. The SMILES string of the molecule is CCCCCCCC/C=C\CCCCCCCCOC(=O)C(C(C)=O)C(C)=O. The van der Waals surface area contributed by atoms with E-state index in [1.165, 1.54) is 84.5 Å². The molecular formula is C24H42O4. The van der Waals surface area contributed by atoms with Gasteiger partial charge in [-0.2, -0.15) is 0 Å². The van der Waals surface area contributed by atoms with Crippen LogP contribution in [-0.2, 0) is 19.1 Å². The van der Waals surface area contributed by atoms with Crippen LogP contribution in [0.25, 0.3) is 0 Å². The zero-order chi connectivity index (χ0) is 21.0. The first kappa shape index (κ1) is 26.6. The van der Waals surface area contributed by atoms with Gasteiger partial charge in [0.1, 0.15) is 0 Å². The Hall–Kier alpha value is -1.45. The number of carbonyl (C=O) groups is 3. The minimum Gasteiger partial charge on any atom is -0.465 e. The number of ether oxygens (including phenoxy) is 1. The summed E-state index contributed by atoms with van der Waals surface area (Å²) in [6.45, 7) is 5.04. The van der Waals surface area contributed by atoms with E-state index in [9.17, 15) is 14.4 Å². The fraction of sp³-hybridized carbons (Fsp3) is 0.792. The number of Topliss-reactive ketones (excluding diaryl/α,β-unsaturated/α-hetero) is 2. The molecule has 0 fully saturated rings.